The maximum atomic E-state index is 13.6. The number of nitrogens with one attached hydrogen (secondary N) is 1. The fourth-order valence-corrected chi connectivity index (χ4v) is 4.63. The number of aryl methyl sites for hydroxylation is 1. The molecule has 4 rings (SSSR count). The van der Waals surface area contributed by atoms with Crippen LogP contribution in [-0.4, -0.2) is 62.9 Å². The molecule has 2 amide bonds. The molecule has 0 spiro atoms. The number of carbonyl (C=O) groups excluding carboxylic acids is 1. The quantitative estimate of drug-likeness (QED) is 0.520. The molecule has 0 radical (unpaired) electrons. The number of ether oxygens (including phenoxy) is 1. The number of nitriles is 1. The van der Waals surface area contributed by atoms with Gasteiger partial charge in [0.1, 0.15) is 6.04 Å². The summed E-state index contributed by atoms with van der Waals surface area (Å²) < 4.78 is 12.6. The van der Waals surface area contributed by atoms with Crippen LogP contribution in [0.1, 0.15) is 32.9 Å². The first kappa shape index (κ1) is 26.9. The topological polar surface area (TPSA) is 151 Å². The van der Waals surface area contributed by atoms with E-state index >= 15 is 0 Å². The van der Waals surface area contributed by atoms with Crippen LogP contribution in [-0.2, 0) is 23.0 Å². The molecule has 1 unspecified atom stereocenters. The van der Waals surface area contributed by atoms with Gasteiger partial charge in [-0.05, 0) is 30.2 Å². The number of amides is 2. The highest BCUT2D eigenvalue weighted by molar-refractivity contribution is 5.87. The number of oxazole rings is 1. The summed E-state index contributed by atoms with van der Waals surface area (Å²) in [5, 5.41) is 22.2. The summed E-state index contributed by atoms with van der Waals surface area (Å²) in [5.41, 5.74) is 1.22. The molecule has 1 aliphatic heterocycles. The van der Waals surface area contributed by atoms with E-state index in [4.69, 9.17) is 9.15 Å². The fraction of sp³-hybridized carbons (Fsp3) is 0.444. The van der Waals surface area contributed by atoms with Crippen LogP contribution < -0.4 is 11.1 Å². The fourth-order valence-electron chi connectivity index (χ4n) is 4.63. The van der Waals surface area contributed by atoms with E-state index < -0.39 is 34.8 Å². The molecule has 0 aliphatic carbocycles. The number of fused-ring (bicyclic) bond motifs is 1. The van der Waals surface area contributed by atoms with E-state index in [1.807, 2.05) is 39.0 Å². The summed E-state index contributed by atoms with van der Waals surface area (Å²) in [6, 6.07) is 10.2. The Morgan fingerprint density at radius 3 is 2.63 bits per heavy atom. The lowest BCUT2D eigenvalue weighted by Crippen LogP contribution is -2.63. The van der Waals surface area contributed by atoms with Crippen molar-refractivity contribution < 1.29 is 23.8 Å². The molecule has 1 aromatic carbocycles. The van der Waals surface area contributed by atoms with E-state index in [1.165, 1.54) is 9.47 Å². The number of nitrogens with zero attached hydrogens (tertiary/aromatic N) is 4. The molecule has 1 saturated heterocycles. The van der Waals surface area contributed by atoms with Crippen molar-refractivity contribution >= 4 is 23.1 Å². The summed E-state index contributed by atoms with van der Waals surface area (Å²) in [6.45, 7) is 5.82. The van der Waals surface area contributed by atoms with Crippen molar-refractivity contribution in [3.05, 3.63) is 52.8 Å². The summed E-state index contributed by atoms with van der Waals surface area (Å²) in [4.78, 5) is 42.7. The van der Waals surface area contributed by atoms with E-state index in [9.17, 15) is 24.8 Å². The number of hydrogen-bond donors (Lipinski definition) is 2. The maximum Gasteiger partial charge on any atom is 0.419 e. The van der Waals surface area contributed by atoms with E-state index in [0.29, 0.717) is 23.2 Å². The first-order valence-corrected chi connectivity index (χ1v) is 12.3. The Morgan fingerprint density at radius 1 is 1.26 bits per heavy atom. The van der Waals surface area contributed by atoms with Crippen LogP contribution >= 0.6 is 0 Å². The Labute approximate surface area is 219 Å². The molecule has 1 aliphatic rings. The van der Waals surface area contributed by atoms with Crippen LogP contribution in [0.5, 0.6) is 0 Å². The van der Waals surface area contributed by atoms with Crippen molar-refractivity contribution in [2.24, 2.45) is 12.5 Å². The van der Waals surface area contributed by atoms with Gasteiger partial charge in [-0.25, -0.2) is 9.59 Å². The van der Waals surface area contributed by atoms with Gasteiger partial charge in [0.2, 0.25) is 0 Å². The van der Waals surface area contributed by atoms with Gasteiger partial charge >= 0.3 is 11.8 Å². The van der Waals surface area contributed by atoms with Gasteiger partial charge < -0.3 is 24.5 Å². The number of pyridine rings is 1. The third-order valence-electron chi connectivity index (χ3n) is 7.01. The van der Waals surface area contributed by atoms with E-state index in [0.717, 1.165) is 11.1 Å². The summed E-state index contributed by atoms with van der Waals surface area (Å²) in [5.74, 6) is -0.964. The lowest BCUT2D eigenvalue weighted by Gasteiger charge is -2.43. The highest BCUT2D eigenvalue weighted by Gasteiger charge is 2.53. The predicted molar refractivity (Wildman–Crippen MR) is 138 cm³/mol. The second-order valence-electron chi connectivity index (χ2n) is 10.5. The van der Waals surface area contributed by atoms with Gasteiger partial charge in [0, 0.05) is 49.5 Å². The molecule has 3 heterocycles. The minimum Gasteiger partial charge on any atom is -0.465 e. The second-order valence-corrected chi connectivity index (χ2v) is 10.5. The molecule has 11 nitrogen and oxygen atoms in total. The zero-order chi connectivity index (χ0) is 27.7. The Morgan fingerprint density at radius 2 is 2.00 bits per heavy atom. The zero-order valence-corrected chi connectivity index (χ0v) is 21.9. The van der Waals surface area contributed by atoms with Gasteiger partial charge in [0.25, 0.3) is 5.91 Å². The summed E-state index contributed by atoms with van der Waals surface area (Å²) >= 11 is 0. The largest absolute Gasteiger partial charge is 0.465 e. The van der Waals surface area contributed by atoms with Gasteiger partial charge in [-0.2, -0.15) is 5.26 Å². The van der Waals surface area contributed by atoms with Crippen molar-refractivity contribution in [2.75, 3.05) is 19.7 Å². The number of carboxylic acid groups (broad SMARTS) is 1. The predicted octanol–water partition coefficient (Wildman–Crippen LogP) is 2.93. The smallest absolute Gasteiger partial charge is 0.419 e. The molecule has 2 atom stereocenters. The normalized spacial score (nSPS) is 19.0. The van der Waals surface area contributed by atoms with Crippen molar-refractivity contribution in [1.29, 1.82) is 5.26 Å². The van der Waals surface area contributed by atoms with Crippen molar-refractivity contribution in [3.8, 4) is 17.2 Å². The van der Waals surface area contributed by atoms with Crippen molar-refractivity contribution in [3.63, 3.8) is 0 Å². The Hall–Kier alpha value is -4.17. The lowest BCUT2D eigenvalue weighted by atomic mass is 9.75. The standard InChI is InChI=1S/C27H31N5O6/c1-26(2,3)27(16-32(24(34)35)10-5-11-37-27)23(33)30-20(14-28)13-19-8-6-18(15-29-19)17-7-9-22-21(12-17)31(4)25(36)38-22/h6-9,12,15,20H,5,10-11,13,16H2,1-4H3,(H,30,33)(H,34,35)/t20?,27-/m0/s1. The van der Waals surface area contributed by atoms with Gasteiger partial charge in [-0.1, -0.05) is 32.9 Å². The first-order chi connectivity index (χ1) is 17.9. The number of aromatic nitrogens is 2. The van der Waals surface area contributed by atoms with E-state index in [-0.39, 0.29) is 26.1 Å². The van der Waals surface area contributed by atoms with Crippen LogP contribution in [0.15, 0.2) is 45.7 Å². The van der Waals surface area contributed by atoms with Crippen LogP contribution in [0, 0.1) is 16.7 Å². The monoisotopic (exact) mass is 521 g/mol. The molecule has 38 heavy (non-hydrogen) atoms. The van der Waals surface area contributed by atoms with E-state index in [1.54, 1.807) is 25.4 Å². The zero-order valence-electron chi connectivity index (χ0n) is 21.9. The molecular weight excluding hydrogens is 490 g/mol. The van der Waals surface area contributed by atoms with Crippen LogP contribution in [0.2, 0.25) is 0 Å². The Kier molecular flexibility index (Phi) is 7.29. The van der Waals surface area contributed by atoms with Gasteiger partial charge in [-0.15, -0.1) is 0 Å². The van der Waals surface area contributed by atoms with Crippen LogP contribution in [0.4, 0.5) is 4.79 Å². The third-order valence-corrected chi connectivity index (χ3v) is 7.01. The molecule has 0 bridgehead atoms. The van der Waals surface area contributed by atoms with Crippen molar-refractivity contribution in [1.82, 2.24) is 19.8 Å². The lowest BCUT2D eigenvalue weighted by molar-refractivity contribution is -0.165. The summed E-state index contributed by atoms with van der Waals surface area (Å²) in [6.07, 6.45) is 1.17. The maximum absolute atomic E-state index is 13.6. The highest BCUT2D eigenvalue weighted by atomic mass is 16.5. The van der Waals surface area contributed by atoms with E-state index in [2.05, 4.69) is 16.4 Å². The summed E-state index contributed by atoms with van der Waals surface area (Å²) in [7, 11) is 1.64. The molecule has 2 aromatic heterocycles. The van der Waals surface area contributed by atoms with Gasteiger partial charge in [0.05, 0.1) is 18.1 Å². The molecule has 0 saturated carbocycles. The molecule has 11 heteroatoms. The average molecular weight is 522 g/mol. The number of hydrogen-bond acceptors (Lipinski definition) is 7. The molecule has 3 aromatic rings. The average Bonchev–Trinajstić information content (AvgIpc) is 3.03. The molecular formula is C27H31N5O6. The Bertz CT molecular complexity index is 1450. The SMILES string of the molecule is Cn1c(=O)oc2ccc(-c3ccc(CC(C#N)NC(=O)[C@]4(C(C)(C)C)CN(C(=O)O)CCCO4)nc3)cc21. The molecule has 200 valence electrons. The number of benzene rings is 1. The first-order valence-electron chi connectivity index (χ1n) is 12.3. The third kappa shape index (κ3) is 5.13. The second kappa shape index (κ2) is 10.3. The van der Waals surface area contributed by atoms with Gasteiger partial charge in [0.15, 0.2) is 11.2 Å². The number of carbonyl (C=O) groups is 2. The van der Waals surface area contributed by atoms with Crippen LogP contribution in [0.25, 0.3) is 22.2 Å². The highest BCUT2D eigenvalue weighted by Crippen LogP contribution is 2.37. The van der Waals surface area contributed by atoms with Crippen LogP contribution in [0.3, 0.4) is 0 Å². The number of rotatable bonds is 5. The molecule has 1 fully saturated rings. The Balaban J connectivity index is 1.51. The van der Waals surface area contributed by atoms with Crippen molar-refractivity contribution in [2.45, 2.75) is 45.3 Å². The van der Waals surface area contributed by atoms with Gasteiger partial charge in [-0.3, -0.25) is 14.3 Å². The minimum absolute atomic E-state index is 0.130. The molecule has 2 N–H and O–H groups in total. The minimum atomic E-state index is -1.46.